The van der Waals surface area contributed by atoms with Crippen LogP contribution in [-0.4, -0.2) is 50.5 Å². The van der Waals surface area contributed by atoms with Gasteiger partial charge >= 0.3 is 0 Å². The zero-order chi connectivity index (χ0) is 21.1. The minimum Gasteiger partial charge on any atom is -0.388 e. The van der Waals surface area contributed by atoms with Gasteiger partial charge in [-0.25, -0.2) is 4.98 Å². The van der Waals surface area contributed by atoms with Gasteiger partial charge in [0.2, 0.25) is 0 Å². The Balaban J connectivity index is 1.50. The Morgan fingerprint density at radius 2 is 2.13 bits per heavy atom. The van der Waals surface area contributed by atoms with E-state index in [9.17, 15) is 0 Å². The van der Waals surface area contributed by atoms with Crippen LogP contribution in [0.25, 0.3) is 10.7 Å². The zero-order valence-corrected chi connectivity index (χ0v) is 18.3. The van der Waals surface area contributed by atoms with E-state index in [0.29, 0.717) is 38.7 Å². The van der Waals surface area contributed by atoms with Gasteiger partial charge in [0.15, 0.2) is 16.6 Å². The maximum Gasteiger partial charge on any atom is 0.168 e. The Kier molecular flexibility index (Phi) is 6.18. The van der Waals surface area contributed by atoms with Crippen LogP contribution in [0.2, 0.25) is 10.0 Å². The molecule has 1 fully saturated rings. The Hall–Kier alpha value is -2.28. The molecule has 1 aliphatic heterocycles. The lowest BCUT2D eigenvalue weighted by atomic mass is 10.0. The van der Waals surface area contributed by atoms with E-state index < -0.39 is 5.60 Å². The maximum atomic E-state index is 9.10. The average molecular weight is 462 g/mol. The summed E-state index contributed by atoms with van der Waals surface area (Å²) < 4.78 is 9.82. The second kappa shape index (κ2) is 8.84. The van der Waals surface area contributed by atoms with Crippen LogP contribution < -0.4 is 4.90 Å². The predicted octanol–water partition coefficient (Wildman–Crippen LogP) is 3.44. The number of halogens is 2. The number of aliphatic hydroxyl groups excluding tert-OH is 1. The third-order valence-electron chi connectivity index (χ3n) is 4.78. The molecule has 0 aliphatic carbocycles. The number of methoxy groups -OCH3 is 1. The van der Waals surface area contributed by atoms with Crippen LogP contribution in [0.15, 0.2) is 30.3 Å². The standard InChI is InChI=1S/C20H17Cl2N5O2S/c1-29-20(7-6-13-2-3-14(21)10-15(13)22)8-9-27(12-20)18-5-4-16(24-25-18)19-23-17(11-28)26-30-19/h2-5,10,28H,8-9,11-12H2,1H3. The summed E-state index contributed by atoms with van der Waals surface area (Å²) in [5.74, 6) is 7.47. The fourth-order valence-corrected chi connectivity index (χ4v) is 4.19. The number of hydrogen-bond donors (Lipinski definition) is 1. The summed E-state index contributed by atoms with van der Waals surface area (Å²) in [6.45, 7) is 1.10. The first-order valence-electron chi connectivity index (χ1n) is 9.08. The second-order valence-electron chi connectivity index (χ2n) is 6.69. The molecular weight excluding hydrogens is 445 g/mol. The lowest BCUT2D eigenvalue weighted by Gasteiger charge is -2.22. The highest BCUT2D eigenvalue weighted by atomic mass is 35.5. The number of benzene rings is 1. The van der Waals surface area contributed by atoms with E-state index >= 15 is 0 Å². The first-order chi connectivity index (χ1) is 14.5. The molecule has 154 valence electrons. The van der Waals surface area contributed by atoms with Gasteiger partial charge in [0.05, 0.1) is 11.6 Å². The Labute approximate surface area is 187 Å². The highest BCUT2D eigenvalue weighted by Crippen LogP contribution is 2.29. The Morgan fingerprint density at radius 3 is 2.80 bits per heavy atom. The fraction of sp³-hybridized carbons (Fsp3) is 0.300. The summed E-state index contributed by atoms with van der Waals surface area (Å²) in [7, 11) is 1.66. The molecular formula is C20H17Cl2N5O2S. The number of hydrogen-bond acceptors (Lipinski definition) is 8. The SMILES string of the molecule is COC1(C#Cc2ccc(Cl)cc2Cl)CCN(c2ccc(-c3nc(CO)ns3)nn2)C1. The lowest BCUT2D eigenvalue weighted by Crippen LogP contribution is -2.34. The van der Waals surface area contributed by atoms with Gasteiger partial charge < -0.3 is 14.7 Å². The molecule has 1 saturated heterocycles. The van der Waals surface area contributed by atoms with Crippen molar-refractivity contribution in [2.24, 2.45) is 0 Å². The number of aromatic nitrogens is 4. The van der Waals surface area contributed by atoms with Crippen molar-refractivity contribution in [2.75, 3.05) is 25.1 Å². The number of anilines is 1. The van der Waals surface area contributed by atoms with Crippen molar-refractivity contribution >= 4 is 40.6 Å². The molecule has 1 N–H and O–H groups in total. The first-order valence-corrected chi connectivity index (χ1v) is 10.6. The predicted molar refractivity (Wildman–Crippen MR) is 117 cm³/mol. The molecule has 0 spiro atoms. The van der Waals surface area contributed by atoms with E-state index in [1.165, 1.54) is 11.5 Å². The van der Waals surface area contributed by atoms with Gasteiger partial charge in [-0.3, -0.25) is 0 Å². The summed E-state index contributed by atoms with van der Waals surface area (Å²) >= 11 is 13.4. The molecule has 3 aromatic rings. The van der Waals surface area contributed by atoms with Crippen LogP contribution in [0, 0.1) is 11.8 Å². The summed E-state index contributed by atoms with van der Waals surface area (Å²) in [5.41, 5.74) is 0.697. The summed E-state index contributed by atoms with van der Waals surface area (Å²) in [5, 5.41) is 19.4. The summed E-state index contributed by atoms with van der Waals surface area (Å²) in [6.07, 6.45) is 0.724. The molecule has 0 radical (unpaired) electrons. The lowest BCUT2D eigenvalue weighted by molar-refractivity contribution is 0.0602. The van der Waals surface area contributed by atoms with E-state index in [0.717, 1.165) is 18.8 Å². The van der Waals surface area contributed by atoms with Gasteiger partial charge in [-0.05, 0) is 41.9 Å². The normalized spacial score (nSPS) is 18.3. The second-order valence-corrected chi connectivity index (χ2v) is 8.29. The molecule has 3 heterocycles. The van der Waals surface area contributed by atoms with E-state index in [1.807, 2.05) is 12.1 Å². The molecule has 0 bridgehead atoms. The molecule has 30 heavy (non-hydrogen) atoms. The fourth-order valence-electron chi connectivity index (χ4n) is 3.10. The molecule has 4 rings (SSSR count). The van der Waals surface area contributed by atoms with Crippen LogP contribution in [0.1, 0.15) is 17.8 Å². The third-order valence-corrected chi connectivity index (χ3v) is 6.10. The van der Waals surface area contributed by atoms with Crippen molar-refractivity contribution < 1.29 is 9.84 Å². The molecule has 1 aromatic carbocycles. The highest BCUT2D eigenvalue weighted by molar-refractivity contribution is 7.09. The minimum absolute atomic E-state index is 0.197. The van der Waals surface area contributed by atoms with Crippen molar-refractivity contribution in [1.29, 1.82) is 0 Å². The van der Waals surface area contributed by atoms with Gasteiger partial charge in [0, 0.05) is 30.7 Å². The van der Waals surface area contributed by atoms with Gasteiger partial charge in [0.1, 0.15) is 17.9 Å². The van der Waals surface area contributed by atoms with E-state index in [2.05, 4.69) is 36.3 Å². The molecule has 0 saturated carbocycles. The molecule has 10 heteroatoms. The minimum atomic E-state index is -0.626. The maximum absolute atomic E-state index is 9.10. The Morgan fingerprint density at radius 1 is 1.27 bits per heavy atom. The smallest absolute Gasteiger partial charge is 0.168 e. The van der Waals surface area contributed by atoms with E-state index in [4.69, 9.17) is 33.0 Å². The largest absolute Gasteiger partial charge is 0.388 e. The van der Waals surface area contributed by atoms with Crippen molar-refractivity contribution in [3.05, 3.63) is 51.8 Å². The van der Waals surface area contributed by atoms with Gasteiger partial charge in [-0.2, -0.15) is 4.37 Å². The van der Waals surface area contributed by atoms with E-state index in [1.54, 1.807) is 25.3 Å². The topological polar surface area (TPSA) is 84.3 Å². The summed E-state index contributed by atoms with van der Waals surface area (Å²) in [6, 6.07) is 8.96. The summed E-state index contributed by atoms with van der Waals surface area (Å²) in [4.78, 5) is 6.29. The monoisotopic (exact) mass is 461 g/mol. The molecule has 1 atom stereocenters. The van der Waals surface area contributed by atoms with Crippen LogP contribution in [0.4, 0.5) is 5.82 Å². The highest BCUT2D eigenvalue weighted by Gasteiger charge is 2.37. The molecule has 1 aliphatic rings. The number of rotatable bonds is 4. The van der Waals surface area contributed by atoms with Gasteiger partial charge in [-0.1, -0.05) is 35.0 Å². The van der Waals surface area contributed by atoms with Gasteiger partial charge in [-0.15, -0.1) is 10.2 Å². The number of aliphatic hydroxyl groups is 1. The molecule has 0 amide bonds. The van der Waals surface area contributed by atoms with E-state index in [-0.39, 0.29) is 6.61 Å². The molecule has 7 nitrogen and oxygen atoms in total. The van der Waals surface area contributed by atoms with Crippen molar-refractivity contribution in [1.82, 2.24) is 19.6 Å². The third kappa shape index (κ3) is 4.41. The quantitative estimate of drug-likeness (QED) is 0.595. The zero-order valence-electron chi connectivity index (χ0n) is 16.0. The molecule has 2 aromatic heterocycles. The van der Waals surface area contributed by atoms with Crippen molar-refractivity contribution in [2.45, 2.75) is 18.6 Å². The van der Waals surface area contributed by atoms with Crippen LogP contribution in [-0.2, 0) is 11.3 Å². The Bertz CT molecular complexity index is 1110. The number of nitrogens with zero attached hydrogens (tertiary/aromatic N) is 5. The van der Waals surface area contributed by atoms with Crippen molar-refractivity contribution in [3.8, 4) is 22.5 Å². The first kappa shape index (κ1) is 21.0. The average Bonchev–Trinajstić information content (AvgIpc) is 3.41. The molecule has 1 unspecified atom stereocenters. The van der Waals surface area contributed by atoms with Crippen molar-refractivity contribution in [3.63, 3.8) is 0 Å². The number of ether oxygens (including phenoxy) is 1. The van der Waals surface area contributed by atoms with Crippen LogP contribution in [0.5, 0.6) is 0 Å². The van der Waals surface area contributed by atoms with Gasteiger partial charge in [0.25, 0.3) is 0 Å². The van der Waals surface area contributed by atoms with Crippen LogP contribution >= 0.6 is 34.7 Å². The van der Waals surface area contributed by atoms with Crippen LogP contribution in [0.3, 0.4) is 0 Å².